The average molecular weight is 251 g/mol. The van der Waals surface area contributed by atoms with Crippen molar-refractivity contribution in [2.75, 3.05) is 6.61 Å². The van der Waals surface area contributed by atoms with Crippen molar-refractivity contribution in [1.29, 1.82) is 0 Å². The second kappa shape index (κ2) is 5.52. The topological polar surface area (TPSA) is 56.2 Å². The van der Waals surface area contributed by atoms with Gasteiger partial charge in [0.1, 0.15) is 6.54 Å². The number of amides is 1. The van der Waals surface area contributed by atoms with Crippen molar-refractivity contribution in [2.45, 2.75) is 52.3 Å². The van der Waals surface area contributed by atoms with E-state index in [1.807, 2.05) is 26.8 Å². The van der Waals surface area contributed by atoms with Crippen LogP contribution in [0.3, 0.4) is 0 Å². The first kappa shape index (κ1) is 13.1. The first-order valence-corrected chi connectivity index (χ1v) is 6.48. The Morgan fingerprint density at radius 2 is 2.44 bits per heavy atom. The lowest BCUT2D eigenvalue weighted by molar-refractivity contribution is -0.123. The van der Waals surface area contributed by atoms with E-state index in [1.165, 1.54) is 0 Å². The molecule has 1 aliphatic rings. The number of carbonyl (C=O) groups excluding carboxylic acids is 1. The number of hydrogen-bond donors (Lipinski definition) is 1. The quantitative estimate of drug-likeness (QED) is 0.874. The number of aromatic nitrogens is 2. The zero-order valence-electron chi connectivity index (χ0n) is 11.3. The lowest BCUT2D eigenvalue weighted by Gasteiger charge is -2.20. The van der Waals surface area contributed by atoms with Gasteiger partial charge in [-0.15, -0.1) is 0 Å². The summed E-state index contributed by atoms with van der Waals surface area (Å²) in [5.74, 6) is -0.0100. The van der Waals surface area contributed by atoms with Crippen LogP contribution in [0.1, 0.15) is 31.2 Å². The Kier molecular flexibility index (Phi) is 4.01. The third kappa shape index (κ3) is 3.10. The molecule has 0 radical (unpaired) electrons. The summed E-state index contributed by atoms with van der Waals surface area (Å²) in [4.78, 5) is 11.9. The van der Waals surface area contributed by atoms with Crippen molar-refractivity contribution in [2.24, 2.45) is 0 Å². The van der Waals surface area contributed by atoms with E-state index in [0.29, 0.717) is 0 Å². The monoisotopic (exact) mass is 251 g/mol. The van der Waals surface area contributed by atoms with Gasteiger partial charge in [-0.25, -0.2) is 0 Å². The van der Waals surface area contributed by atoms with Gasteiger partial charge in [-0.2, -0.15) is 5.10 Å². The molecule has 5 heteroatoms. The van der Waals surface area contributed by atoms with Crippen LogP contribution >= 0.6 is 0 Å². The smallest absolute Gasteiger partial charge is 0.242 e. The highest BCUT2D eigenvalue weighted by molar-refractivity contribution is 5.76. The van der Waals surface area contributed by atoms with Crippen LogP contribution in [0.25, 0.3) is 0 Å². The molecule has 1 aromatic heterocycles. The maximum atomic E-state index is 11.9. The first-order valence-electron chi connectivity index (χ1n) is 6.48. The molecule has 1 fully saturated rings. The molecule has 2 rings (SSSR count). The Balaban J connectivity index is 1.86. The summed E-state index contributed by atoms with van der Waals surface area (Å²) in [6.45, 7) is 6.96. The summed E-state index contributed by atoms with van der Waals surface area (Å²) in [5.41, 5.74) is 1.94. The van der Waals surface area contributed by atoms with Crippen molar-refractivity contribution in [3.05, 3.63) is 17.5 Å². The van der Waals surface area contributed by atoms with E-state index in [2.05, 4.69) is 10.4 Å². The number of ether oxygens (including phenoxy) is 1. The van der Waals surface area contributed by atoms with E-state index in [9.17, 15) is 4.79 Å². The van der Waals surface area contributed by atoms with E-state index in [-0.39, 0.29) is 24.6 Å². The average Bonchev–Trinajstić information content (AvgIpc) is 2.89. The van der Waals surface area contributed by atoms with E-state index in [1.54, 1.807) is 4.68 Å². The van der Waals surface area contributed by atoms with E-state index >= 15 is 0 Å². The molecular formula is C13H21N3O2. The number of hydrogen-bond acceptors (Lipinski definition) is 3. The van der Waals surface area contributed by atoms with Crippen molar-refractivity contribution >= 4 is 5.91 Å². The molecule has 2 heterocycles. The second-order valence-electron chi connectivity index (χ2n) is 4.99. The standard InChI is InChI=1S/C13H21N3O2/c1-9-7-10(2)16(15-9)8-13(17)14-11(3)12-5-4-6-18-12/h7,11-12H,4-6,8H2,1-3H3,(H,14,17)/t11-,12-/m1/s1. The fourth-order valence-electron chi connectivity index (χ4n) is 2.36. The maximum absolute atomic E-state index is 11.9. The number of rotatable bonds is 4. The van der Waals surface area contributed by atoms with Crippen LogP contribution in [-0.2, 0) is 16.1 Å². The van der Waals surface area contributed by atoms with Crippen LogP contribution < -0.4 is 5.32 Å². The number of carbonyl (C=O) groups is 1. The summed E-state index contributed by atoms with van der Waals surface area (Å²) >= 11 is 0. The van der Waals surface area contributed by atoms with Gasteiger partial charge >= 0.3 is 0 Å². The Hall–Kier alpha value is -1.36. The normalized spacial score (nSPS) is 20.9. The van der Waals surface area contributed by atoms with Crippen molar-refractivity contribution < 1.29 is 9.53 Å². The molecule has 100 valence electrons. The molecule has 18 heavy (non-hydrogen) atoms. The molecule has 0 saturated carbocycles. The molecule has 0 aliphatic carbocycles. The summed E-state index contributed by atoms with van der Waals surface area (Å²) < 4.78 is 7.29. The van der Waals surface area contributed by atoms with Crippen LogP contribution in [-0.4, -0.2) is 34.4 Å². The SMILES string of the molecule is Cc1cc(C)n(CC(=O)N[C@H](C)[C@H]2CCCO2)n1. The predicted molar refractivity (Wildman–Crippen MR) is 68.3 cm³/mol. The zero-order valence-corrected chi connectivity index (χ0v) is 11.3. The highest BCUT2D eigenvalue weighted by Gasteiger charge is 2.23. The zero-order chi connectivity index (χ0) is 13.1. The van der Waals surface area contributed by atoms with Crippen LogP contribution in [0, 0.1) is 13.8 Å². The van der Waals surface area contributed by atoms with Gasteiger partial charge in [0.2, 0.25) is 5.91 Å². The molecule has 1 amide bonds. The van der Waals surface area contributed by atoms with Gasteiger partial charge in [0.05, 0.1) is 17.8 Å². The molecule has 1 N–H and O–H groups in total. The lowest BCUT2D eigenvalue weighted by atomic mass is 10.1. The molecule has 1 aliphatic heterocycles. The van der Waals surface area contributed by atoms with Gasteiger partial charge in [0.15, 0.2) is 0 Å². The first-order chi connectivity index (χ1) is 8.56. The van der Waals surface area contributed by atoms with Gasteiger partial charge in [0.25, 0.3) is 0 Å². The molecule has 1 saturated heterocycles. The fourth-order valence-corrected chi connectivity index (χ4v) is 2.36. The van der Waals surface area contributed by atoms with Crippen LogP contribution in [0.2, 0.25) is 0 Å². The molecule has 5 nitrogen and oxygen atoms in total. The summed E-state index contributed by atoms with van der Waals surface area (Å²) in [7, 11) is 0. The van der Waals surface area contributed by atoms with Crippen LogP contribution in [0.15, 0.2) is 6.07 Å². The minimum absolute atomic E-state index is 0.0100. The van der Waals surface area contributed by atoms with E-state index in [4.69, 9.17) is 4.74 Å². The molecule has 0 unspecified atom stereocenters. The summed E-state index contributed by atoms with van der Waals surface area (Å²) in [6.07, 6.45) is 2.28. The minimum atomic E-state index is -0.0100. The molecule has 2 atom stereocenters. The summed E-state index contributed by atoms with van der Waals surface area (Å²) in [6, 6.07) is 2.04. The van der Waals surface area contributed by atoms with Gasteiger partial charge in [0, 0.05) is 12.3 Å². The number of aryl methyl sites for hydroxylation is 2. The molecular weight excluding hydrogens is 230 g/mol. The largest absolute Gasteiger partial charge is 0.376 e. The van der Waals surface area contributed by atoms with Crippen molar-refractivity contribution in [3.8, 4) is 0 Å². The Labute approximate surface area is 108 Å². The molecule has 0 spiro atoms. The minimum Gasteiger partial charge on any atom is -0.376 e. The number of nitrogens with zero attached hydrogens (tertiary/aromatic N) is 2. The number of nitrogens with one attached hydrogen (secondary N) is 1. The van der Waals surface area contributed by atoms with E-state index < -0.39 is 0 Å². The molecule has 1 aromatic rings. The lowest BCUT2D eigenvalue weighted by Crippen LogP contribution is -2.42. The summed E-state index contributed by atoms with van der Waals surface area (Å²) in [5, 5.41) is 7.26. The van der Waals surface area contributed by atoms with Crippen LogP contribution in [0.5, 0.6) is 0 Å². The molecule has 0 bridgehead atoms. The third-order valence-electron chi connectivity index (χ3n) is 3.31. The Bertz CT molecular complexity index is 422. The van der Waals surface area contributed by atoms with E-state index in [0.717, 1.165) is 30.8 Å². The van der Waals surface area contributed by atoms with Crippen molar-refractivity contribution in [3.63, 3.8) is 0 Å². The molecule has 0 aromatic carbocycles. The third-order valence-corrected chi connectivity index (χ3v) is 3.31. The van der Waals surface area contributed by atoms with Gasteiger partial charge in [-0.05, 0) is 39.7 Å². The second-order valence-corrected chi connectivity index (χ2v) is 4.99. The Morgan fingerprint density at radius 1 is 1.67 bits per heavy atom. The van der Waals surface area contributed by atoms with Gasteiger partial charge in [-0.1, -0.05) is 0 Å². The Morgan fingerprint density at radius 3 is 3.00 bits per heavy atom. The van der Waals surface area contributed by atoms with Gasteiger partial charge in [-0.3, -0.25) is 9.48 Å². The highest BCUT2D eigenvalue weighted by atomic mass is 16.5. The van der Waals surface area contributed by atoms with Crippen LogP contribution in [0.4, 0.5) is 0 Å². The van der Waals surface area contributed by atoms with Crippen molar-refractivity contribution in [1.82, 2.24) is 15.1 Å². The van der Waals surface area contributed by atoms with Gasteiger partial charge < -0.3 is 10.1 Å². The highest BCUT2D eigenvalue weighted by Crippen LogP contribution is 2.15. The maximum Gasteiger partial charge on any atom is 0.242 e. The predicted octanol–water partition coefficient (Wildman–Crippen LogP) is 1.18. The fraction of sp³-hybridized carbons (Fsp3) is 0.692.